The molecule has 2 rings (SSSR count). The third-order valence-electron chi connectivity index (χ3n) is 2.30. The van der Waals surface area contributed by atoms with E-state index in [4.69, 9.17) is 23.8 Å². The summed E-state index contributed by atoms with van der Waals surface area (Å²) in [7, 11) is 0. The van der Waals surface area contributed by atoms with Crippen LogP contribution in [0.3, 0.4) is 0 Å². The van der Waals surface area contributed by atoms with Crippen LogP contribution in [0.2, 0.25) is 5.02 Å². The van der Waals surface area contributed by atoms with E-state index in [2.05, 4.69) is 10.2 Å². The van der Waals surface area contributed by atoms with Crippen LogP contribution < -0.4 is 0 Å². The molecule has 0 amide bonds. The zero-order valence-electron chi connectivity index (χ0n) is 8.22. The highest BCUT2D eigenvalue weighted by atomic mass is 35.5. The van der Waals surface area contributed by atoms with Crippen LogP contribution in [0.25, 0.3) is 0 Å². The van der Waals surface area contributed by atoms with Gasteiger partial charge in [0.15, 0.2) is 6.17 Å². The molecule has 0 aromatic heterocycles. The molecule has 1 atom stereocenters. The van der Waals surface area contributed by atoms with Crippen molar-refractivity contribution in [3.63, 3.8) is 0 Å². The van der Waals surface area contributed by atoms with E-state index in [1.54, 1.807) is 0 Å². The molecule has 15 heavy (non-hydrogen) atoms. The van der Waals surface area contributed by atoms with Gasteiger partial charge in [-0.2, -0.15) is 5.11 Å². The van der Waals surface area contributed by atoms with Gasteiger partial charge in [-0.25, -0.2) is 0 Å². The topological polar surface area (TPSA) is 28.0 Å². The summed E-state index contributed by atoms with van der Waals surface area (Å²) in [6.07, 6.45) is -0.0835. The van der Waals surface area contributed by atoms with Gasteiger partial charge in [0, 0.05) is 11.6 Å². The zero-order chi connectivity index (χ0) is 10.8. The van der Waals surface area contributed by atoms with Crippen molar-refractivity contribution in [2.75, 3.05) is 6.54 Å². The van der Waals surface area contributed by atoms with E-state index in [-0.39, 0.29) is 6.17 Å². The molecule has 1 aromatic rings. The fourth-order valence-corrected chi connectivity index (χ4v) is 1.92. The van der Waals surface area contributed by atoms with Gasteiger partial charge in [-0.1, -0.05) is 23.7 Å². The number of nitrogens with zero attached hydrogens (tertiary/aromatic N) is 3. The highest BCUT2D eigenvalue weighted by molar-refractivity contribution is 7.80. The van der Waals surface area contributed by atoms with E-state index >= 15 is 0 Å². The number of hydrogen-bond donors (Lipinski definition) is 0. The van der Waals surface area contributed by atoms with Crippen molar-refractivity contribution in [1.82, 2.24) is 4.90 Å². The van der Waals surface area contributed by atoms with Crippen LogP contribution in [0, 0.1) is 0 Å². The molecule has 1 aliphatic rings. The first-order chi connectivity index (χ1) is 7.22. The predicted octanol–water partition coefficient (Wildman–Crippen LogP) is 3.41. The summed E-state index contributed by atoms with van der Waals surface area (Å²) in [5.74, 6) is 0. The lowest BCUT2D eigenvalue weighted by Crippen LogP contribution is -2.26. The lowest BCUT2D eigenvalue weighted by molar-refractivity contribution is 0.364. The number of thiocarbonyl (C=S) groups is 1. The third kappa shape index (κ3) is 2.01. The molecule has 1 unspecified atom stereocenters. The van der Waals surface area contributed by atoms with Crippen molar-refractivity contribution in [1.29, 1.82) is 0 Å². The van der Waals surface area contributed by atoms with E-state index in [1.165, 1.54) is 0 Å². The summed E-state index contributed by atoms with van der Waals surface area (Å²) < 4.78 is 0. The smallest absolute Gasteiger partial charge is 0.218 e. The molecule has 0 spiro atoms. The van der Waals surface area contributed by atoms with E-state index < -0.39 is 0 Å². The van der Waals surface area contributed by atoms with Gasteiger partial charge in [-0.3, -0.25) is 0 Å². The molecule has 0 saturated heterocycles. The Morgan fingerprint density at radius 2 is 2.07 bits per heavy atom. The molecule has 78 valence electrons. The van der Waals surface area contributed by atoms with Gasteiger partial charge in [0.1, 0.15) is 0 Å². The highest BCUT2D eigenvalue weighted by Crippen LogP contribution is 2.28. The molecular formula is C10H10ClN3S. The van der Waals surface area contributed by atoms with Crippen LogP contribution in [-0.4, -0.2) is 16.6 Å². The van der Waals surface area contributed by atoms with Gasteiger partial charge < -0.3 is 4.90 Å². The quantitative estimate of drug-likeness (QED) is 0.740. The molecule has 0 bridgehead atoms. The Morgan fingerprint density at radius 1 is 1.40 bits per heavy atom. The second kappa shape index (κ2) is 4.24. The molecule has 1 aromatic carbocycles. The number of azo groups is 1. The van der Waals surface area contributed by atoms with Crippen LogP contribution in [-0.2, 0) is 0 Å². The molecule has 0 saturated carbocycles. The lowest BCUT2D eigenvalue weighted by atomic mass is 10.1. The van der Waals surface area contributed by atoms with Crippen molar-refractivity contribution in [3.05, 3.63) is 34.9 Å². The maximum atomic E-state index is 5.82. The van der Waals surface area contributed by atoms with E-state index in [0.717, 1.165) is 17.1 Å². The minimum absolute atomic E-state index is 0.0835. The van der Waals surface area contributed by atoms with Crippen molar-refractivity contribution in [2.45, 2.75) is 13.1 Å². The summed E-state index contributed by atoms with van der Waals surface area (Å²) in [5.41, 5.74) is 1.06. The maximum absolute atomic E-state index is 5.82. The highest BCUT2D eigenvalue weighted by Gasteiger charge is 2.25. The fraction of sp³-hybridized carbons (Fsp3) is 0.300. The number of benzene rings is 1. The fourth-order valence-electron chi connectivity index (χ4n) is 1.52. The maximum Gasteiger partial charge on any atom is 0.218 e. The Labute approximate surface area is 98.8 Å². The van der Waals surface area contributed by atoms with Crippen LogP contribution in [0.1, 0.15) is 18.7 Å². The van der Waals surface area contributed by atoms with E-state index in [9.17, 15) is 0 Å². The summed E-state index contributed by atoms with van der Waals surface area (Å²) >= 11 is 10.9. The largest absolute Gasteiger partial charge is 0.319 e. The Hall–Kier alpha value is -1.00. The Balaban J connectivity index is 2.28. The zero-order valence-corrected chi connectivity index (χ0v) is 9.79. The first-order valence-electron chi connectivity index (χ1n) is 4.69. The van der Waals surface area contributed by atoms with Crippen LogP contribution in [0.5, 0.6) is 0 Å². The van der Waals surface area contributed by atoms with Gasteiger partial charge in [-0.15, -0.1) is 5.11 Å². The minimum atomic E-state index is -0.0835. The average Bonchev–Trinajstić information content (AvgIpc) is 2.61. The molecule has 0 radical (unpaired) electrons. The minimum Gasteiger partial charge on any atom is -0.319 e. The van der Waals surface area contributed by atoms with Gasteiger partial charge in [0.25, 0.3) is 0 Å². The van der Waals surface area contributed by atoms with Crippen LogP contribution in [0.4, 0.5) is 0 Å². The lowest BCUT2D eigenvalue weighted by Gasteiger charge is -2.21. The SMILES string of the molecule is CCN1C(=S)N=NC1c1ccc(Cl)cc1. The second-order valence-electron chi connectivity index (χ2n) is 3.21. The van der Waals surface area contributed by atoms with Crippen molar-refractivity contribution in [2.24, 2.45) is 10.2 Å². The molecule has 1 aliphatic heterocycles. The monoisotopic (exact) mass is 239 g/mol. The standard InChI is InChI=1S/C10H10ClN3S/c1-2-14-9(12-13-10(14)15)7-3-5-8(11)6-4-7/h3-6,9H,2H2,1H3. The molecule has 5 heteroatoms. The summed E-state index contributed by atoms with van der Waals surface area (Å²) in [6.45, 7) is 2.84. The van der Waals surface area contributed by atoms with Gasteiger partial charge in [-0.05, 0) is 36.8 Å². The molecular weight excluding hydrogens is 230 g/mol. The normalized spacial score (nSPS) is 20.0. The molecule has 0 aliphatic carbocycles. The number of halogens is 1. The van der Waals surface area contributed by atoms with Gasteiger partial charge in [0.2, 0.25) is 5.11 Å². The van der Waals surface area contributed by atoms with Crippen molar-refractivity contribution in [3.8, 4) is 0 Å². The van der Waals surface area contributed by atoms with Crippen molar-refractivity contribution < 1.29 is 0 Å². The van der Waals surface area contributed by atoms with Gasteiger partial charge >= 0.3 is 0 Å². The second-order valence-corrected chi connectivity index (χ2v) is 4.01. The average molecular weight is 240 g/mol. The number of hydrogen-bond acceptors (Lipinski definition) is 2. The summed E-state index contributed by atoms with van der Waals surface area (Å²) in [6, 6.07) is 7.59. The van der Waals surface area contributed by atoms with E-state index in [0.29, 0.717) is 5.11 Å². The summed E-state index contributed by atoms with van der Waals surface area (Å²) in [4.78, 5) is 1.97. The molecule has 0 N–H and O–H groups in total. The first kappa shape index (κ1) is 10.5. The summed E-state index contributed by atoms with van der Waals surface area (Å²) in [5, 5.41) is 9.33. The van der Waals surface area contributed by atoms with E-state index in [1.807, 2.05) is 36.1 Å². The third-order valence-corrected chi connectivity index (χ3v) is 2.87. The predicted molar refractivity (Wildman–Crippen MR) is 64.0 cm³/mol. The first-order valence-corrected chi connectivity index (χ1v) is 5.48. The Kier molecular flexibility index (Phi) is 2.98. The molecule has 0 fully saturated rings. The van der Waals surface area contributed by atoms with Crippen LogP contribution in [0.15, 0.2) is 34.5 Å². The molecule has 1 heterocycles. The van der Waals surface area contributed by atoms with Gasteiger partial charge in [0.05, 0.1) is 0 Å². The Morgan fingerprint density at radius 3 is 2.67 bits per heavy atom. The number of rotatable bonds is 2. The van der Waals surface area contributed by atoms with Crippen molar-refractivity contribution >= 4 is 28.9 Å². The molecule has 3 nitrogen and oxygen atoms in total. The Bertz CT molecular complexity index is 402. The van der Waals surface area contributed by atoms with Crippen LogP contribution >= 0.6 is 23.8 Å².